The molecule has 24 heavy (non-hydrogen) atoms. The minimum atomic E-state index is -3.51. The molecule has 0 spiro atoms. The number of benzene rings is 2. The average Bonchev–Trinajstić information content (AvgIpc) is 2.55. The van der Waals surface area contributed by atoms with Gasteiger partial charge in [-0.2, -0.15) is 0 Å². The van der Waals surface area contributed by atoms with Crippen LogP contribution in [0.4, 0.5) is 16.2 Å². The lowest BCUT2D eigenvalue weighted by Gasteiger charge is -2.09. The van der Waals surface area contributed by atoms with Crippen LogP contribution in [0.25, 0.3) is 0 Å². The number of halogens is 1. The Morgan fingerprint density at radius 1 is 0.958 bits per heavy atom. The molecule has 0 heterocycles. The van der Waals surface area contributed by atoms with Gasteiger partial charge in [0.2, 0.25) is 10.0 Å². The van der Waals surface area contributed by atoms with Gasteiger partial charge >= 0.3 is 6.03 Å². The largest absolute Gasteiger partial charge is 0.323 e. The van der Waals surface area contributed by atoms with Crippen molar-refractivity contribution in [3.63, 3.8) is 0 Å². The van der Waals surface area contributed by atoms with E-state index in [-0.39, 0.29) is 4.90 Å². The van der Waals surface area contributed by atoms with Crippen LogP contribution in [0.2, 0.25) is 5.02 Å². The Labute approximate surface area is 146 Å². The molecular formula is C16H18ClN3O3S. The summed E-state index contributed by atoms with van der Waals surface area (Å²) < 4.78 is 26.4. The van der Waals surface area contributed by atoms with Crippen LogP contribution in [0.1, 0.15) is 13.3 Å². The molecule has 0 radical (unpaired) electrons. The first kappa shape index (κ1) is 18.3. The molecule has 3 N–H and O–H groups in total. The summed E-state index contributed by atoms with van der Waals surface area (Å²) in [5.41, 5.74) is 1.08. The number of nitrogens with one attached hydrogen (secondary N) is 3. The first-order valence-electron chi connectivity index (χ1n) is 7.34. The Morgan fingerprint density at radius 2 is 1.46 bits per heavy atom. The Morgan fingerprint density at radius 3 is 1.96 bits per heavy atom. The highest BCUT2D eigenvalue weighted by molar-refractivity contribution is 7.89. The van der Waals surface area contributed by atoms with Gasteiger partial charge in [0.25, 0.3) is 0 Å². The lowest BCUT2D eigenvalue weighted by molar-refractivity contribution is 0.262. The molecule has 128 valence electrons. The second-order valence-electron chi connectivity index (χ2n) is 5.01. The van der Waals surface area contributed by atoms with E-state index in [1.54, 1.807) is 24.3 Å². The summed E-state index contributed by atoms with van der Waals surface area (Å²) in [6.07, 6.45) is 0.712. The van der Waals surface area contributed by atoms with Crippen molar-refractivity contribution in [2.24, 2.45) is 0 Å². The van der Waals surface area contributed by atoms with Gasteiger partial charge in [0.15, 0.2) is 0 Å². The third kappa shape index (κ3) is 5.23. The van der Waals surface area contributed by atoms with Gasteiger partial charge in [-0.25, -0.2) is 17.9 Å². The molecule has 0 saturated heterocycles. The van der Waals surface area contributed by atoms with Gasteiger partial charge in [-0.05, 0) is 55.0 Å². The molecule has 0 bridgehead atoms. The maximum Gasteiger partial charge on any atom is 0.323 e. The maximum absolute atomic E-state index is 12.0. The van der Waals surface area contributed by atoms with Crippen molar-refractivity contribution in [1.82, 2.24) is 4.72 Å². The highest BCUT2D eigenvalue weighted by atomic mass is 35.5. The Hall–Kier alpha value is -2.09. The third-order valence-electron chi connectivity index (χ3n) is 3.07. The normalized spacial score (nSPS) is 11.1. The highest BCUT2D eigenvalue weighted by Gasteiger charge is 2.12. The van der Waals surface area contributed by atoms with Crippen molar-refractivity contribution in [3.05, 3.63) is 53.6 Å². The van der Waals surface area contributed by atoms with Crippen molar-refractivity contribution < 1.29 is 13.2 Å². The zero-order valence-electron chi connectivity index (χ0n) is 13.0. The number of carbonyl (C=O) groups is 1. The summed E-state index contributed by atoms with van der Waals surface area (Å²) in [7, 11) is -3.51. The number of sulfonamides is 1. The number of hydrogen-bond donors (Lipinski definition) is 3. The van der Waals surface area contributed by atoms with Crippen LogP contribution in [0, 0.1) is 0 Å². The minimum absolute atomic E-state index is 0.152. The summed E-state index contributed by atoms with van der Waals surface area (Å²) in [5, 5.41) is 5.86. The highest BCUT2D eigenvalue weighted by Crippen LogP contribution is 2.16. The average molecular weight is 368 g/mol. The van der Waals surface area contributed by atoms with E-state index in [4.69, 9.17) is 11.6 Å². The number of amides is 2. The number of rotatable bonds is 6. The second-order valence-corrected chi connectivity index (χ2v) is 7.21. The molecule has 0 aliphatic heterocycles. The molecule has 2 rings (SSSR count). The predicted molar refractivity (Wildman–Crippen MR) is 96.0 cm³/mol. The second kappa shape index (κ2) is 8.14. The molecule has 6 nitrogen and oxygen atoms in total. The van der Waals surface area contributed by atoms with E-state index in [9.17, 15) is 13.2 Å². The SMILES string of the molecule is CCCNS(=O)(=O)c1ccc(NC(=O)Nc2ccc(Cl)cc2)cc1. The fraction of sp³-hybridized carbons (Fsp3) is 0.188. The fourth-order valence-corrected chi connectivity index (χ4v) is 3.12. The zero-order valence-corrected chi connectivity index (χ0v) is 14.6. The summed E-state index contributed by atoms with van der Waals surface area (Å²) in [5.74, 6) is 0. The van der Waals surface area contributed by atoms with Crippen molar-refractivity contribution >= 4 is 39.0 Å². The monoisotopic (exact) mass is 367 g/mol. The standard InChI is InChI=1S/C16H18ClN3O3S/c1-2-11-18-24(22,23)15-9-7-14(8-10-15)20-16(21)19-13-5-3-12(17)4-6-13/h3-10,18H,2,11H2,1H3,(H2,19,20,21). The lowest BCUT2D eigenvalue weighted by Crippen LogP contribution is -2.24. The smallest absolute Gasteiger partial charge is 0.308 e. The molecule has 0 atom stereocenters. The van der Waals surface area contributed by atoms with E-state index >= 15 is 0 Å². The third-order valence-corrected chi connectivity index (χ3v) is 4.80. The van der Waals surface area contributed by atoms with Gasteiger partial charge in [-0.3, -0.25) is 0 Å². The molecule has 2 amide bonds. The van der Waals surface area contributed by atoms with E-state index in [0.717, 1.165) is 0 Å². The first-order valence-corrected chi connectivity index (χ1v) is 9.20. The van der Waals surface area contributed by atoms with E-state index in [1.807, 2.05) is 6.92 Å². The van der Waals surface area contributed by atoms with Crippen molar-refractivity contribution in [1.29, 1.82) is 0 Å². The van der Waals surface area contributed by atoms with Gasteiger partial charge < -0.3 is 10.6 Å². The molecule has 0 aromatic heterocycles. The molecule has 0 saturated carbocycles. The first-order chi connectivity index (χ1) is 11.4. The Kier molecular flexibility index (Phi) is 6.19. The van der Waals surface area contributed by atoms with Crippen LogP contribution < -0.4 is 15.4 Å². The Bertz CT molecular complexity index is 790. The number of anilines is 2. The van der Waals surface area contributed by atoms with Crippen molar-refractivity contribution in [3.8, 4) is 0 Å². The summed E-state index contributed by atoms with van der Waals surface area (Å²) in [6.45, 7) is 2.26. The summed E-state index contributed by atoms with van der Waals surface area (Å²) in [6, 6.07) is 12.2. The molecule has 0 fully saturated rings. The predicted octanol–water partition coefficient (Wildman–Crippen LogP) is 3.67. The minimum Gasteiger partial charge on any atom is -0.308 e. The Balaban J connectivity index is 1.98. The topological polar surface area (TPSA) is 87.3 Å². The summed E-state index contributed by atoms with van der Waals surface area (Å²) >= 11 is 5.78. The molecule has 0 aliphatic carbocycles. The number of urea groups is 1. The summed E-state index contributed by atoms with van der Waals surface area (Å²) in [4.78, 5) is 12.1. The fourth-order valence-electron chi connectivity index (χ4n) is 1.86. The molecular weight excluding hydrogens is 350 g/mol. The molecule has 0 unspecified atom stereocenters. The van der Waals surface area contributed by atoms with Crippen LogP contribution >= 0.6 is 11.6 Å². The van der Waals surface area contributed by atoms with Crippen LogP contribution in [0.5, 0.6) is 0 Å². The molecule has 8 heteroatoms. The molecule has 2 aromatic carbocycles. The van der Waals surface area contributed by atoms with E-state index in [0.29, 0.717) is 29.4 Å². The van der Waals surface area contributed by atoms with Crippen LogP contribution in [0.3, 0.4) is 0 Å². The van der Waals surface area contributed by atoms with Gasteiger partial charge in [-0.15, -0.1) is 0 Å². The van der Waals surface area contributed by atoms with E-state index in [1.165, 1.54) is 24.3 Å². The van der Waals surface area contributed by atoms with Crippen LogP contribution in [-0.2, 0) is 10.0 Å². The van der Waals surface area contributed by atoms with E-state index in [2.05, 4.69) is 15.4 Å². The lowest BCUT2D eigenvalue weighted by atomic mass is 10.3. The molecule has 0 aliphatic rings. The quantitative estimate of drug-likeness (QED) is 0.727. The number of carbonyl (C=O) groups excluding carboxylic acids is 1. The van der Waals surface area contributed by atoms with Crippen LogP contribution in [-0.4, -0.2) is 21.0 Å². The van der Waals surface area contributed by atoms with Crippen LogP contribution in [0.15, 0.2) is 53.4 Å². The van der Waals surface area contributed by atoms with Crippen molar-refractivity contribution in [2.75, 3.05) is 17.2 Å². The maximum atomic E-state index is 12.0. The number of hydrogen-bond acceptors (Lipinski definition) is 3. The van der Waals surface area contributed by atoms with Gasteiger partial charge in [-0.1, -0.05) is 18.5 Å². The molecule has 2 aromatic rings. The van der Waals surface area contributed by atoms with Crippen molar-refractivity contribution in [2.45, 2.75) is 18.2 Å². The zero-order chi connectivity index (χ0) is 17.6. The van der Waals surface area contributed by atoms with Gasteiger partial charge in [0, 0.05) is 22.9 Å². The van der Waals surface area contributed by atoms with Gasteiger partial charge in [0.1, 0.15) is 0 Å². The van der Waals surface area contributed by atoms with E-state index < -0.39 is 16.1 Å². The van der Waals surface area contributed by atoms with Gasteiger partial charge in [0.05, 0.1) is 4.90 Å².